The highest BCUT2D eigenvalue weighted by Gasteiger charge is 2.22. The zero-order chi connectivity index (χ0) is 13.0. The monoisotopic (exact) mass is 251 g/mol. The predicted octanol–water partition coefficient (Wildman–Crippen LogP) is 2.70. The molecule has 1 aromatic heterocycles. The third-order valence-corrected chi connectivity index (χ3v) is 3.78. The molecule has 2 N–H and O–H groups in total. The molecule has 1 aliphatic heterocycles. The topological polar surface area (TPSA) is 42.2 Å². The molecule has 1 saturated heterocycles. The van der Waals surface area contributed by atoms with Crippen LogP contribution < -0.4 is 10.6 Å². The zero-order valence-corrected chi connectivity index (χ0v) is 11.0. The molecule has 0 atom stereocenters. The lowest BCUT2D eigenvalue weighted by molar-refractivity contribution is 0.375. The molecule has 4 heteroatoms. The Labute approximate surface area is 108 Å². The Morgan fingerprint density at radius 2 is 2.17 bits per heavy atom. The van der Waals surface area contributed by atoms with E-state index in [1.807, 2.05) is 0 Å². The summed E-state index contributed by atoms with van der Waals surface area (Å²) in [5.41, 5.74) is 6.08. The van der Waals surface area contributed by atoms with Crippen LogP contribution in [0.15, 0.2) is 12.3 Å². The summed E-state index contributed by atoms with van der Waals surface area (Å²) >= 11 is 0. The zero-order valence-electron chi connectivity index (χ0n) is 11.0. The van der Waals surface area contributed by atoms with Crippen LogP contribution in [0, 0.1) is 11.7 Å². The molecule has 0 radical (unpaired) electrons. The van der Waals surface area contributed by atoms with E-state index in [1.54, 1.807) is 12.3 Å². The van der Waals surface area contributed by atoms with E-state index in [1.165, 1.54) is 12.8 Å². The second kappa shape index (κ2) is 6.14. The molecule has 100 valence electrons. The Morgan fingerprint density at radius 1 is 1.44 bits per heavy atom. The fraction of sp³-hybridized carbons (Fsp3) is 0.643. The van der Waals surface area contributed by atoms with Crippen molar-refractivity contribution in [2.24, 2.45) is 11.7 Å². The number of hydrogen-bond donors (Lipinski definition) is 1. The molecule has 2 heterocycles. The molecule has 0 saturated carbocycles. The summed E-state index contributed by atoms with van der Waals surface area (Å²) in [7, 11) is 0. The van der Waals surface area contributed by atoms with Gasteiger partial charge in [0.05, 0.1) is 0 Å². The summed E-state index contributed by atoms with van der Waals surface area (Å²) < 4.78 is 14.1. The molecule has 0 spiro atoms. The number of anilines is 1. The van der Waals surface area contributed by atoms with E-state index in [2.05, 4.69) is 16.8 Å². The van der Waals surface area contributed by atoms with Gasteiger partial charge in [0.25, 0.3) is 0 Å². The second-order valence-electron chi connectivity index (χ2n) is 5.03. The van der Waals surface area contributed by atoms with E-state index in [0.29, 0.717) is 11.4 Å². The van der Waals surface area contributed by atoms with E-state index >= 15 is 0 Å². The molecule has 0 amide bonds. The lowest BCUT2D eigenvalue weighted by Crippen LogP contribution is -2.35. The van der Waals surface area contributed by atoms with Gasteiger partial charge in [0.2, 0.25) is 0 Å². The quantitative estimate of drug-likeness (QED) is 0.894. The van der Waals surface area contributed by atoms with Gasteiger partial charge in [0, 0.05) is 31.4 Å². The molecule has 2 rings (SSSR count). The van der Waals surface area contributed by atoms with Crippen LogP contribution in [0.1, 0.15) is 38.2 Å². The lowest BCUT2D eigenvalue weighted by Gasteiger charge is -2.33. The SMILES string of the molecule is CCCC1CCN(c2nccc(CN)c2F)CC1. The van der Waals surface area contributed by atoms with Crippen LogP contribution in [0.3, 0.4) is 0 Å². The Hall–Kier alpha value is -1.16. The fourth-order valence-electron chi connectivity index (χ4n) is 2.69. The van der Waals surface area contributed by atoms with Crippen molar-refractivity contribution in [3.8, 4) is 0 Å². The number of aromatic nitrogens is 1. The van der Waals surface area contributed by atoms with Gasteiger partial charge < -0.3 is 10.6 Å². The van der Waals surface area contributed by atoms with E-state index in [4.69, 9.17) is 5.73 Å². The van der Waals surface area contributed by atoms with Gasteiger partial charge in [0.15, 0.2) is 11.6 Å². The van der Waals surface area contributed by atoms with Crippen molar-refractivity contribution < 1.29 is 4.39 Å². The number of pyridine rings is 1. The van der Waals surface area contributed by atoms with Crippen molar-refractivity contribution in [2.75, 3.05) is 18.0 Å². The van der Waals surface area contributed by atoms with Crippen LogP contribution in [0.4, 0.5) is 10.2 Å². The first kappa shape index (κ1) is 13.3. The smallest absolute Gasteiger partial charge is 0.170 e. The van der Waals surface area contributed by atoms with Gasteiger partial charge in [0.1, 0.15) is 0 Å². The van der Waals surface area contributed by atoms with E-state index in [0.717, 1.165) is 31.8 Å². The molecule has 18 heavy (non-hydrogen) atoms. The maximum Gasteiger partial charge on any atom is 0.170 e. The maximum atomic E-state index is 14.1. The Bertz CT molecular complexity index is 387. The average molecular weight is 251 g/mol. The first-order valence-electron chi connectivity index (χ1n) is 6.84. The summed E-state index contributed by atoms with van der Waals surface area (Å²) in [6.07, 6.45) is 6.45. The van der Waals surface area contributed by atoms with Crippen molar-refractivity contribution >= 4 is 5.82 Å². The standard InChI is InChI=1S/C14H22FN3/c1-2-3-11-5-8-18(9-6-11)14-13(15)12(10-16)4-7-17-14/h4,7,11H,2-3,5-6,8-10,16H2,1H3. The molecular weight excluding hydrogens is 229 g/mol. The van der Waals surface area contributed by atoms with Gasteiger partial charge in [-0.3, -0.25) is 0 Å². The highest BCUT2D eigenvalue weighted by Crippen LogP contribution is 2.27. The molecule has 0 aliphatic carbocycles. The van der Waals surface area contributed by atoms with Gasteiger partial charge in [-0.1, -0.05) is 19.8 Å². The molecule has 1 aliphatic rings. The van der Waals surface area contributed by atoms with Crippen LogP contribution in [-0.2, 0) is 6.54 Å². The largest absolute Gasteiger partial charge is 0.354 e. The third-order valence-electron chi connectivity index (χ3n) is 3.78. The summed E-state index contributed by atoms with van der Waals surface area (Å²) in [6.45, 7) is 4.26. The number of nitrogens with zero attached hydrogens (tertiary/aromatic N) is 2. The van der Waals surface area contributed by atoms with Gasteiger partial charge >= 0.3 is 0 Å². The van der Waals surface area contributed by atoms with Crippen molar-refractivity contribution in [3.05, 3.63) is 23.6 Å². The predicted molar refractivity (Wildman–Crippen MR) is 71.9 cm³/mol. The van der Waals surface area contributed by atoms with Crippen LogP contribution in [-0.4, -0.2) is 18.1 Å². The van der Waals surface area contributed by atoms with Crippen LogP contribution in [0.25, 0.3) is 0 Å². The first-order chi connectivity index (χ1) is 8.76. The number of rotatable bonds is 4. The van der Waals surface area contributed by atoms with E-state index in [-0.39, 0.29) is 12.4 Å². The maximum absolute atomic E-state index is 14.1. The number of hydrogen-bond acceptors (Lipinski definition) is 3. The minimum Gasteiger partial charge on any atom is -0.354 e. The number of halogens is 1. The Balaban J connectivity index is 2.05. The van der Waals surface area contributed by atoms with E-state index in [9.17, 15) is 4.39 Å². The van der Waals surface area contributed by atoms with Crippen LogP contribution in [0.2, 0.25) is 0 Å². The second-order valence-corrected chi connectivity index (χ2v) is 5.03. The van der Waals surface area contributed by atoms with Crippen LogP contribution in [0.5, 0.6) is 0 Å². The third kappa shape index (κ3) is 2.80. The van der Waals surface area contributed by atoms with Crippen molar-refractivity contribution in [1.29, 1.82) is 0 Å². The average Bonchev–Trinajstić information content (AvgIpc) is 2.41. The lowest BCUT2D eigenvalue weighted by atomic mass is 9.92. The molecular formula is C14H22FN3. The molecule has 1 aromatic rings. The Kier molecular flexibility index (Phi) is 4.53. The number of nitrogens with two attached hydrogens (primary N) is 1. The molecule has 0 unspecified atom stereocenters. The highest BCUT2D eigenvalue weighted by atomic mass is 19.1. The number of piperidine rings is 1. The van der Waals surface area contributed by atoms with Crippen molar-refractivity contribution in [1.82, 2.24) is 4.98 Å². The van der Waals surface area contributed by atoms with E-state index < -0.39 is 0 Å². The summed E-state index contributed by atoms with van der Waals surface area (Å²) in [6, 6.07) is 1.66. The summed E-state index contributed by atoms with van der Waals surface area (Å²) in [5, 5.41) is 0. The fourth-order valence-corrected chi connectivity index (χ4v) is 2.69. The van der Waals surface area contributed by atoms with Gasteiger partial charge in [-0.2, -0.15) is 0 Å². The Morgan fingerprint density at radius 3 is 2.78 bits per heavy atom. The van der Waals surface area contributed by atoms with Gasteiger partial charge in [-0.25, -0.2) is 9.37 Å². The minimum absolute atomic E-state index is 0.230. The molecule has 1 fully saturated rings. The summed E-state index contributed by atoms with van der Waals surface area (Å²) in [5.74, 6) is 1.04. The highest BCUT2D eigenvalue weighted by molar-refractivity contribution is 5.43. The van der Waals surface area contributed by atoms with Crippen molar-refractivity contribution in [2.45, 2.75) is 39.2 Å². The molecule has 0 aromatic carbocycles. The van der Waals surface area contributed by atoms with Crippen molar-refractivity contribution in [3.63, 3.8) is 0 Å². The normalized spacial score (nSPS) is 17.2. The molecule has 0 bridgehead atoms. The first-order valence-corrected chi connectivity index (χ1v) is 6.84. The summed E-state index contributed by atoms with van der Waals surface area (Å²) in [4.78, 5) is 6.23. The minimum atomic E-state index is -0.242. The van der Waals surface area contributed by atoms with Gasteiger partial charge in [-0.05, 0) is 24.8 Å². The molecule has 3 nitrogen and oxygen atoms in total. The van der Waals surface area contributed by atoms with Gasteiger partial charge in [-0.15, -0.1) is 0 Å². The van der Waals surface area contributed by atoms with Crippen LogP contribution >= 0.6 is 0 Å².